The number of hydrogen-bond donors (Lipinski definition) is 1. The molecule has 0 unspecified atom stereocenters. The highest BCUT2D eigenvalue weighted by Crippen LogP contribution is 2.15. The third-order valence-corrected chi connectivity index (χ3v) is 9.44. The molecule has 0 aromatic heterocycles. The summed E-state index contributed by atoms with van der Waals surface area (Å²) in [5.41, 5.74) is 4.46. The molecule has 2 rings (SSSR count). The van der Waals surface area contributed by atoms with E-state index in [-0.39, 0.29) is 24.8 Å². The number of rotatable bonds is 28. The van der Waals surface area contributed by atoms with Crippen LogP contribution in [0.5, 0.6) is 0 Å². The monoisotopic (exact) mass is 707 g/mol. The molecule has 2 nitrogen and oxygen atoms in total. The summed E-state index contributed by atoms with van der Waals surface area (Å²) >= 11 is 0. The summed E-state index contributed by atoms with van der Waals surface area (Å²) in [7, 11) is 9.16. The Morgan fingerprint density at radius 2 is 0.854 bits per heavy atom. The van der Waals surface area contributed by atoms with Gasteiger partial charge in [0.25, 0.3) is 0 Å². The van der Waals surface area contributed by atoms with Crippen LogP contribution in [0.3, 0.4) is 0 Å². The predicted molar refractivity (Wildman–Crippen MR) is 207 cm³/mol. The highest BCUT2D eigenvalue weighted by molar-refractivity contribution is 5.22. The first-order valence-corrected chi connectivity index (χ1v) is 20.1. The lowest BCUT2D eigenvalue weighted by Crippen LogP contribution is -3.04. The molecule has 4 heteroatoms. The van der Waals surface area contributed by atoms with Crippen molar-refractivity contribution in [2.75, 3.05) is 34.7 Å². The van der Waals surface area contributed by atoms with Crippen LogP contribution in [0, 0.1) is 0 Å². The number of hydrogen-bond acceptors (Lipinski definition) is 0. The molecule has 2 aromatic rings. The number of nitrogens with zero attached hydrogens (tertiary/aromatic N) is 1. The standard InChI is InChI=1S/C23H41N.C21H38N.2ClH/c1-4-5-6-7-8-9-10-11-12-13-14-15-17-22-18-16-19-23(20-22)21-24(2)3;1-4-5-6-7-8-9-10-11-12-16-19-22(2,3)20-21-17-14-13-15-18-21;;/h16,18-20H,4-15,17,21H2,1-3H3;13-15,17-18H,4-12,16,19-20H2,1-3H3;2*1H/q;+1;;/p-1. The average Bonchev–Trinajstić information content (AvgIpc) is 3.03. The summed E-state index contributed by atoms with van der Waals surface area (Å²) in [6, 6.07) is 20.1. The van der Waals surface area contributed by atoms with E-state index in [4.69, 9.17) is 0 Å². The van der Waals surface area contributed by atoms with Gasteiger partial charge in [-0.1, -0.05) is 190 Å². The van der Waals surface area contributed by atoms with Crippen LogP contribution in [0.15, 0.2) is 54.6 Å². The van der Waals surface area contributed by atoms with Crippen molar-refractivity contribution in [1.82, 2.24) is 0 Å². The Kier molecular flexibility index (Phi) is 35.1. The van der Waals surface area contributed by atoms with Crippen molar-refractivity contribution in [1.29, 1.82) is 0 Å². The lowest BCUT2D eigenvalue weighted by Gasteiger charge is -2.30. The van der Waals surface area contributed by atoms with E-state index in [1.807, 2.05) is 0 Å². The first kappa shape index (κ1) is 49.1. The minimum Gasteiger partial charge on any atom is -1.00 e. The maximum atomic E-state index is 2.41. The normalized spacial score (nSPS) is 11.1. The van der Waals surface area contributed by atoms with E-state index in [2.05, 4.69) is 96.6 Å². The molecule has 0 bridgehead atoms. The van der Waals surface area contributed by atoms with Crippen LogP contribution >= 0.6 is 0 Å². The summed E-state index contributed by atoms with van der Waals surface area (Å²) < 4.78 is 1.11. The summed E-state index contributed by atoms with van der Waals surface area (Å²) in [4.78, 5) is 1.50. The molecule has 0 radical (unpaired) electrons. The first-order valence-electron chi connectivity index (χ1n) is 20.1. The zero-order chi connectivity index (χ0) is 33.6. The Bertz CT molecular complexity index is 915. The predicted octanol–water partition coefficient (Wildman–Crippen LogP) is 5.77. The molecule has 280 valence electrons. The van der Waals surface area contributed by atoms with Crippen molar-refractivity contribution in [3.05, 3.63) is 71.3 Å². The molecule has 0 aliphatic carbocycles. The van der Waals surface area contributed by atoms with Crippen molar-refractivity contribution in [2.45, 2.75) is 175 Å². The van der Waals surface area contributed by atoms with Gasteiger partial charge in [0.15, 0.2) is 0 Å². The van der Waals surface area contributed by atoms with Crippen molar-refractivity contribution in [3.63, 3.8) is 0 Å². The molecule has 0 spiro atoms. The zero-order valence-corrected chi connectivity index (χ0v) is 34.3. The maximum absolute atomic E-state index is 2.41. The van der Waals surface area contributed by atoms with Gasteiger partial charge in [0.2, 0.25) is 0 Å². The van der Waals surface area contributed by atoms with Crippen LogP contribution in [-0.4, -0.2) is 39.2 Å². The molecule has 0 heterocycles. The van der Waals surface area contributed by atoms with E-state index in [1.165, 1.54) is 176 Å². The van der Waals surface area contributed by atoms with Crippen LogP contribution in [-0.2, 0) is 19.5 Å². The van der Waals surface area contributed by atoms with E-state index in [0.29, 0.717) is 0 Å². The van der Waals surface area contributed by atoms with E-state index in [1.54, 1.807) is 0 Å². The molecule has 0 fully saturated rings. The molecule has 0 aliphatic heterocycles. The second kappa shape index (κ2) is 34.4. The van der Waals surface area contributed by atoms with Crippen molar-refractivity contribution in [2.24, 2.45) is 0 Å². The van der Waals surface area contributed by atoms with Crippen molar-refractivity contribution >= 4 is 0 Å². The molecule has 0 aliphatic rings. The molecular formula is C44H80Cl2N2. The van der Waals surface area contributed by atoms with E-state index < -0.39 is 0 Å². The quantitative estimate of drug-likeness (QED) is 0.0848. The number of quaternary nitrogens is 2. The fraction of sp³-hybridized carbons (Fsp3) is 0.727. The highest BCUT2D eigenvalue weighted by Gasteiger charge is 2.14. The van der Waals surface area contributed by atoms with Gasteiger partial charge in [-0.15, -0.1) is 0 Å². The Labute approximate surface area is 313 Å². The number of aryl methyl sites for hydroxylation is 1. The maximum Gasteiger partial charge on any atom is 0.104 e. The Morgan fingerprint density at radius 3 is 1.31 bits per heavy atom. The number of nitrogens with one attached hydrogen (secondary N) is 1. The average molecular weight is 708 g/mol. The van der Waals surface area contributed by atoms with Crippen LogP contribution < -0.4 is 29.7 Å². The minimum absolute atomic E-state index is 0. The first-order chi connectivity index (χ1) is 22.4. The topological polar surface area (TPSA) is 4.44 Å². The third kappa shape index (κ3) is 31.0. The number of unbranched alkanes of at least 4 members (excludes halogenated alkanes) is 20. The molecule has 0 atom stereocenters. The molecule has 48 heavy (non-hydrogen) atoms. The summed E-state index contributed by atoms with van der Waals surface area (Å²) in [5, 5.41) is 0. The zero-order valence-electron chi connectivity index (χ0n) is 32.8. The van der Waals surface area contributed by atoms with E-state index in [9.17, 15) is 0 Å². The van der Waals surface area contributed by atoms with Gasteiger partial charge in [-0.3, -0.25) is 0 Å². The van der Waals surface area contributed by atoms with Gasteiger partial charge in [0, 0.05) is 11.1 Å². The van der Waals surface area contributed by atoms with E-state index in [0.717, 1.165) is 17.6 Å². The van der Waals surface area contributed by atoms with Gasteiger partial charge in [-0.25, -0.2) is 0 Å². The lowest BCUT2D eigenvalue weighted by molar-refractivity contribution is -0.903. The van der Waals surface area contributed by atoms with Gasteiger partial charge < -0.3 is 34.2 Å². The number of halogens is 2. The summed E-state index contributed by atoms with van der Waals surface area (Å²) in [6.07, 6.45) is 32.7. The van der Waals surface area contributed by atoms with Crippen LogP contribution in [0.1, 0.15) is 172 Å². The number of benzene rings is 2. The molecule has 2 aromatic carbocycles. The van der Waals surface area contributed by atoms with Gasteiger partial charge in [0.05, 0.1) is 34.7 Å². The fourth-order valence-corrected chi connectivity index (χ4v) is 6.66. The second-order valence-electron chi connectivity index (χ2n) is 15.3. The molecule has 0 amide bonds. The molecule has 0 saturated heterocycles. The van der Waals surface area contributed by atoms with Gasteiger partial charge in [0.1, 0.15) is 13.1 Å². The largest absolute Gasteiger partial charge is 1.00 e. The van der Waals surface area contributed by atoms with Gasteiger partial charge in [-0.2, -0.15) is 0 Å². The lowest BCUT2D eigenvalue weighted by atomic mass is 10.0. The highest BCUT2D eigenvalue weighted by atomic mass is 35.5. The van der Waals surface area contributed by atoms with Crippen molar-refractivity contribution < 1.29 is 34.2 Å². The summed E-state index contributed by atoms with van der Waals surface area (Å²) in [5.74, 6) is 0. The molecule has 1 N–H and O–H groups in total. The van der Waals surface area contributed by atoms with Crippen molar-refractivity contribution in [3.8, 4) is 0 Å². The Hall–Kier alpha value is -1.06. The fourth-order valence-electron chi connectivity index (χ4n) is 6.66. The minimum atomic E-state index is 0. The second-order valence-corrected chi connectivity index (χ2v) is 15.3. The van der Waals surface area contributed by atoms with Crippen LogP contribution in [0.4, 0.5) is 0 Å². The SMILES string of the molecule is CCCCCCCCCCCCCCc1cccc(C[NH+](C)C)c1.CCCCCCCCCCCC[N+](C)(C)Cc1ccccc1.[Cl-].[Cl-]. The molecule has 0 saturated carbocycles. The van der Waals surface area contributed by atoms with Gasteiger partial charge in [-0.05, 0) is 31.2 Å². The molecular weight excluding hydrogens is 627 g/mol. The van der Waals surface area contributed by atoms with E-state index >= 15 is 0 Å². The smallest absolute Gasteiger partial charge is 0.104 e. The third-order valence-electron chi connectivity index (χ3n) is 9.44. The van der Waals surface area contributed by atoms with Gasteiger partial charge >= 0.3 is 0 Å². The summed E-state index contributed by atoms with van der Waals surface area (Å²) in [6.45, 7) is 8.16. The Morgan fingerprint density at radius 1 is 0.458 bits per heavy atom. The Balaban J connectivity index is 0. The van der Waals surface area contributed by atoms with Crippen LogP contribution in [0.2, 0.25) is 0 Å². The van der Waals surface area contributed by atoms with Crippen LogP contribution in [0.25, 0.3) is 0 Å².